The van der Waals surface area contributed by atoms with Gasteiger partial charge in [-0.2, -0.15) is 0 Å². The first-order valence-electron chi connectivity index (χ1n) is 7.04. The lowest BCUT2D eigenvalue weighted by Gasteiger charge is -2.31. The highest BCUT2D eigenvalue weighted by atomic mass is 79.9. The van der Waals surface area contributed by atoms with E-state index in [2.05, 4.69) is 39.9 Å². The first-order valence-corrected chi connectivity index (χ1v) is 8.21. The Balaban J connectivity index is 2.16. The van der Waals surface area contributed by atoms with E-state index in [9.17, 15) is 0 Å². The van der Waals surface area contributed by atoms with Crippen LogP contribution in [-0.4, -0.2) is 24.5 Å². The van der Waals surface area contributed by atoms with E-state index >= 15 is 0 Å². The topological polar surface area (TPSA) is 29.3 Å². The van der Waals surface area contributed by atoms with Gasteiger partial charge in [-0.3, -0.25) is 4.90 Å². The third kappa shape index (κ3) is 4.19. The van der Waals surface area contributed by atoms with Crippen LogP contribution in [0.25, 0.3) is 0 Å². The van der Waals surface area contributed by atoms with Crippen molar-refractivity contribution in [2.24, 2.45) is 11.7 Å². The maximum Gasteiger partial charge on any atom is 0.0548 e. The summed E-state index contributed by atoms with van der Waals surface area (Å²) in [5, 5.41) is 0.753. The smallest absolute Gasteiger partial charge is 0.0548 e. The highest BCUT2D eigenvalue weighted by molar-refractivity contribution is 9.10. The maximum atomic E-state index is 6.07. The summed E-state index contributed by atoms with van der Waals surface area (Å²) in [7, 11) is 0. The molecule has 1 saturated carbocycles. The predicted octanol–water partition coefficient (Wildman–Crippen LogP) is 4.22. The molecule has 0 bridgehead atoms. The molecule has 1 aromatic carbocycles. The zero-order valence-electron chi connectivity index (χ0n) is 11.4. The van der Waals surface area contributed by atoms with Gasteiger partial charge >= 0.3 is 0 Å². The van der Waals surface area contributed by atoms with E-state index in [1.54, 1.807) is 0 Å². The van der Waals surface area contributed by atoms with Crippen molar-refractivity contribution >= 4 is 27.5 Å². The largest absolute Gasteiger partial charge is 0.329 e. The van der Waals surface area contributed by atoms with Crippen LogP contribution in [0.3, 0.4) is 0 Å². The summed E-state index contributed by atoms with van der Waals surface area (Å²) in [6.07, 6.45) is 3.92. The lowest BCUT2D eigenvalue weighted by atomic mass is 10.0. The molecule has 1 atom stereocenters. The number of nitrogens with zero attached hydrogens (tertiary/aromatic N) is 1. The summed E-state index contributed by atoms with van der Waals surface area (Å²) in [6.45, 7) is 5.17. The normalized spacial score (nSPS) is 16.9. The number of hydrogen-bond acceptors (Lipinski definition) is 2. The van der Waals surface area contributed by atoms with Crippen molar-refractivity contribution in [2.45, 2.75) is 32.2 Å². The van der Waals surface area contributed by atoms with Crippen LogP contribution in [0.4, 0.5) is 0 Å². The molecule has 1 aliphatic rings. The first kappa shape index (κ1) is 15.3. The second-order valence-corrected chi connectivity index (χ2v) is 6.62. The van der Waals surface area contributed by atoms with E-state index in [0.29, 0.717) is 12.6 Å². The van der Waals surface area contributed by atoms with Crippen LogP contribution in [0.5, 0.6) is 0 Å². The van der Waals surface area contributed by atoms with Crippen LogP contribution >= 0.6 is 27.5 Å². The molecule has 1 fully saturated rings. The van der Waals surface area contributed by atoms with Crippen molar-refractivity contribution in [1.82, 2.24) is 4.90 Å². The molecule has 2 nitrogen and oxygen atoms in total. The van der Waals surface area contributed by atoms with E-state index in [4.69, 9.17) is 17.3 Å². The van der Waals surface area contributed by atoms with Crippen LogP contribution in [0.15, 0.2) is 22.7 Å². The van der Waals surface area contributed by atoms with Crippen molar-refractivity contribution in [1.29, 1.82) is 0 Å². The van der Waals surface area contributed by atoms with E-state index in [1.165, 1.54) is 24.9 Å². The summed E-state index contributed by atoms with van der Waals surface area (Å²) in [5.41, 5.74) is 7.29. The molecule has 106 valence electrons. The summed E-state index contributed by atoms with van der Waals surface area (Å²) in [6, 6.07) is 6.45. The first-order chi connectivity index (χ1) is 9.15. The van der Waals surface area contributed by atoms with Crippen molar-refractivity contribution in [2.75, 3.05) is 19.6 Å². The average Bonchev–Trinajstić information content (AvgIpc) is 3.19. The van der Waals surface area contributed by atoms with Crippen molar-refractivity contribution < 1.29 is 0 Å². The van der Waals surface area contributed by atoms with Gasteiger partial charge in [0.05, 0.1) is 5.02 Å². The van der Waals surface area contributed by atoms with Gasteiger partial charge in [0.1, 0.15) is 0 Å². The molecule has 1 aromatic rings. The fraction of sp³-hybridized carbons (Fsp3) is 0.600. The van der Waals surface area contributed by atoms with Gasteiger partial charge in [0.2, 0.25) is 0 Å². The Labute approximate surface area is 129 Å². The van der Waals surface area contributed by atoms with Gasteiger partial charge in [0.15, 0.2) is 0 Å². The zero-order valence-corrected chi connectivity index (χ0v) is 13.8. The van der Waals surface area contributed by atoms with Crippen molar-refractivity contribution in [3.8, 4) is 0 Å². The number of rotatable bonds is 7. The molecular formula is C15H22BrClN2. The Morgan fingerprint density at radius 3 is 2.74 bits per heavy atom. The highest BCUT2D eigenvalue weighted by Crippen LogP contribution is 2.34. The van der Waals surface area contributed by atoms with Crippen LogP contribution in [-0.2, 0) is 0 Å². The molecule has 0 amide bonds. The van der Waals surface area contributed by atoms with E-state index in [-0.39, 0.29) is 0 Å². The lowest BCUT2D eigenvalue weighted by Crippen LogP contribution is -2.36. The second-order valence-electron chi connectivity index (χ2n) is 5.36. The number of nitrogens with two attached hydrogens (primary N) is 1. The van der Waals surface area contributed by atoms with Crippen LogP contribution < -0.4 is 5.73 Å². The van der Waals surface area contributed by atoms with Gasteiger partial charge in [-0.05, 0) is 65.4 Å². The Morgan fingerprint density at radius 1 is 1.47 bits per heavy atom. The van der Waals surface area contributed by atoms with E-state index in [1.807, 2.05) is 6.07 Å². The van der Waals surface area contributed by atoms with Crippen molar-refractivity contribution in [3.63, 3.8) is 0 Å². The van der Waals surface area contributed by atoms with Gasteiger partial charge in [0, 0.05) is 23.6 Å². The molecular weight excluding hydrogens is 324 g/mol. The average molecular weight is 346 g/mol. The Bertz CT molecular complexity index is 421. The fourth-order valence-corrected chi connectivity index (χ4v) is 3.02. The molecule has 1 aliphatic carbocycles. The zero-order chi connectivity index (χ0) is 13.8. The molecule has 1 unspecified atom stereocenters. The van der Waals surface area contributed by atoms with Gasteiger partial charge in [-0.25, -0.2) is 0 Å². The van der Waals surface area contributed by atoms with E-state index < -0.39 is 0 Å². The summed E-state index contributed by atoms with van der Waals surface area (Å²) in [4.78, 5) is 2.54. The minimum Gasteiger partial charge on any atom is -0.329 e. The standard InChI is InChI=1S/C15H22BrClN2/c1-2-7-19(10-11-3-4-11)15(9-18)12-5-6-14(17)13(16)8-12/h5-6,8,11,15H,2-4,7,9-10,18H2,1H3. The van der Waals surface area contributed by atoms with Crippen molar-refractivity contribution in [3.05, 3.63) is 33.3 Å². The number of benzene rings is 1. The minimum atomic E-state index is 0.300. The minimum absolute atomic E-state index is 0.300. The lowest BCUT2D eigenvalue weighted by molar-refractivity contribution is 0.193. The number of hydrogen-bond donors (Lipinski definition) is 1. The van der Waals surface area contributed by atoms with Gasteiger partial charge in [-0.15, -0.1) is 0 Å². The third-order valence-corrected chi connectivity index (χ3v) is 4.91. The van der Waals surface area contributed by atoms with Crippen LogP contribution in [0, 0.1) is 5.92 Å². The van der Waals surface area contributed by atoms with Gasteiger partial charge < -0.3 is 5.73 Å². The Morgan fingerprint density at radius 2 is 2.21 bits per heavy atom. The fourth-order valence-electron chi connectivity index (χ4n) is 2.51. The molecule has 2 rings (SSSR count). The molecule has 0 saturated heterocycles. The SMILES string of the molecule is CCCN(CC1CC1)C(CN)c1ccc(Cl)c(Br)c1. The summed E-state index contributed by atoms with van der Waals surface area (Å²) < 4.78 is 0.952. The number of halogens is 2. The Kier molecular flexibility index (Phi) is 5.70. The van der Waals surface area contributed by atoms with Crippen LogP contribution in [0.1, 0.15) is 37.8 Å². The monoisotopic (exact) mass is 344 g/mol. The van der Waals surface area contributed by atoms with Crippen LogP contribution in [0.2, 0.25) is 5.02 Å². The molecule has 0 spiro atoms. The third-order valence-electron chi connectivity index (χ3n) is 3.69. The highest BCUT2D eigenvalue weighted by Gasteiger charge is 2.28. The Hall–Kier alpha value is -0.0900. The molecule has 0 radical (unpaired) electrons. The molecule has 0 heterocycles. The van der Waals surface area contributed by atoms with E-state index in [0.717, 1.165) is 28.4 Å². The predicted molar refractivity (Wildman–Crippen MR) is 85.5 cm³/mol. The quantitative estimate of drug-likeness (QED) is 0.801. The molecule has 19 heavy (non-hydrogen) atoms. The maximum absolute atomic E-state index is 6.07. The van der Waals surface area contributed by atoms with Gasteiger partial charge in [-0.1, -0.05) is 24.6 Å². The molecule has 2 N–H and O–H groups in total. The summed E-state index contributed by atoms with van der Waals surface area (Å²) >= 11 is 9.58. The second kappa shape index (κ2) is 7.07. The molecule has 0 aliphatic heterocycles. The molecule has 0 aromatic heterocycles. The summed E-state index contributed by atoms with van der Waals surface area (Å²) in [5.74, 6) is 0.886. The van der Waals surface area contributed by atoms with Gasteiger partial charge in [0.25, 0.3) is 0 Å². The molecule has 4 heteroatoms.